The van der Waals surface area contributed by atoms with Crippen molar-refractivity contribution in [3.63, 3.8) is 0 Å². The van der Waals surface area contributed by atoms with E-state index >= 15 is 0 Å². The van der Waals surface area contributed by atoms with Crippen LogP contribution in [0, 0.1) is 0 Å². The first-order chi connectivity index (χ1) is 16.5. The van der Waals surface area contributed by atoms with E-state index in [1.807, 2.05) is 20.8 Å². The number of aliphatic hydroxyl groups is 1. The fourth-order valence-electron chi connectivity index (χ4n) is 2.88. The maximum absolute atomic E-state index is 12.9. The Hall–Kier alpha value is -0.239. The zero-order valence-corrected chi connectivity index (χ0v) is 31.1. The molecule has 228 valence electrons. The summed E-state index contributed by atoms with van der Waals surface area (Å²) in [5.41, 5.74) is -0.664. The first-order valence-corrected chi connectivity index (χ1v) is 22.8. The van der Waals surface area contributed by atoms with Crippen LogP contribution in [-0.4, -0.2) is 73.2 Å². The van der Waals surface area contributed by atoms with Crippen molar-refractivity contribution >= 4 is 31.0 Å². The Morgan fingerprint density at radius 1 is 0.711 bits per heavy atom. The van der Waals surface area contributed by atoms with E-state index in [4.69, 9.17) is 18.0 Å². The normalized spacial score (nSPS) is 17.1. The number of amides is 1. The molecular weight excluding hydrogens is 531 g/mol. The molecule has 3 atom stereocenters. The van der Waals surface area contributed by atoms with Crippen LogP contribution >= 0.6 is 0 Å². The summed E-state index contributed by atoms with van der Waals surface area (Å²) >= 11 is 0. The maximum atomic E-state index is 12.9. The van der Waals surface area contributed by atoms with Crippen molar-refractivity contribution in [1.82, 2.24) is 5.32 Å². The molecular formula is C28H63NO6Si3. The minimum atomic E-state index is -2.35. The average Bonchev–Trinajstić information content (AvgIpc) is 2.63. The molecule has 0 spiro atoms. The quantitative estimate of drug-likeness (QED) is 0.239. The van der Waals surface area contributed by atoms with Crippen molar-refractivity contribution in [3.8, 4) is 0 Å². The van der Waals surface area contributed by atoms with Gasteiger partial charge in [0.05, 0.1) is 31.5 Å². The lowest BCUT2D eigenvalue weighted by molar-refractivity contribution is -0.0275. The first kappa shape index (κ1) is 37.8. The summed E-state index contributed by atoms with van der Waals surface area (Å²) in [4.78, 5) is 12.9. The number of nitrogens with one attached hydrogen (secondary N) is 1. The molecule has 0 aliphatic heterocycles. The molecule has 0 aromatic rings. The van der Waals surface area contributed by atoms with E-state index in [-0.39, 0.29) is 21.7 Å². The van der Waals surface area contributed by atoms with Crippen molar-refractivity contribution in [2.75, 3.05) is 13.2 Å². The van der Waals surface area contributed by atoms with Crippen LogP contribution in [0.2, 0.25) is 54.4 Å². The summed E-state index contributed by atoms with van der Waals surface area (Å²) < 4.78 is 26.3. The SMILES string of the molecule is CC(C)(C)OC(=O)N[C@H](CO)[C@@H](O[Si](C)(C)C(C)(C)C)[C@H](CO[Si](C)(C)C(C)(C)C)O[Si](C)(C)C(C)(C)C. The number of alkyl carbamates (subject to hydrolysis) is 1. The number of ether oxygens (including phenoxy) is 1. The van der Waals surface area contributed by atoms with Gasteiger partial charge in [-0.15, -0.1) is 0 Å². The second kappa shape index (κ2) is 12.7. The molecule has 0 aliphatic rings. The van der Waals surface area contributed by atoms with Gasteiger partial charge in [0.2, 0.25) is 0 Å². The minimum absolute atomic E-state index is 0.0233. The molecule has 1 amide bonds. The molecule has 2 N–H and O–H groups in total. The predicted molar refractivity (Wildman–Crippen MR) is 168 cm³/mol. The molecule has 0 rings (SSSR count). The first-order valence-electron chi connectivity index (χ1n) is 14.1. The van der Waals surface area contributed by atoms with Gasteiger partial charge in [-0.05, 0) is 75.2 Å². The van der Waals surface area contributed by atoms with E-state index in [1.54, 1.807) is 0 Å². The highest BCUT2D eigenvalue weighted by Gasteiger charge is 2.48. The lowest BCUT2D eigenvalue weighted by Gasteiger charge is -2.47. The Morgan fingerprint density at radius 3 is 1.45 bits per heavy atom. The Labute approximate surface area is 238 Å². The van der Waals surface area contributed by atoms with E-state index in [9.17, 15) is 9.90 Å². The van der Waals surface area contributed by atoms with Gasteiger partial charge < -0.3 is 28.4 Å². The topological polar surface area (TPSA) is 86.3 Å². The van der Waals surface area contributed by atoms with Crippen molar-refractivity contribution in [3.05, 3.63) is 0 Å². The summed E-state index contributed by atoms with van der Waals surface area (Å²) in [5, 5.41) is 13.4. The van der Waals surface area contributed by atoms with Crippen LogP contribution in [0.5, 0.6) is 0 Å². The van der Waals surface area contributed by atoms with Gasteiger partial charge in [0.15, 0.2) is 25.0 Å². The Morgan fingerprint density at radius 2 is 1.11 bits per heavy atom. The van der Waals surface area contributed by atoms with Crippen LogP contribution in [0.4, 0.5) is 4.79 Å². The molecule has 0 fully saturated rings. The van der Waals surface area contributed by atoms with Crippen molar-refractivity contribution in [2.24, 2.45) is 0 Å². The Balaban J connectivity index is 6.73. The highest BCUT2D eigenvalue weighted by atomic mass is 28.4. The third-order valence-corrected chi connectivity index (χ3v) is 22.0. The average molecular weight is 594 g/mol. The molecule has 0 aromatic heterocycles. The van der Waals surface area contributed by atoms with Gasteiger partial charge in [-0.2, -0.15) is 0 Å². The standard InChI is InChI=1S/C28H63NO6Si3/c1-25(2,3)33-24(31)29-21(19-30)23(35-38(17,18)28(10,11)12)22(34-37(15,16)27(7,8)9)20-32-36(13,14)26(4,5)6/h21-23,30H,19-20H2,1-18H3,(H,29,31)/t21-,22+,23-/m1/s1. The van der Waals surface area contributed by atoms with Crippen LogP contribution in [-0.2, 0) is 18.0 Å². The van der Waals surface area contributed by atoms with Gasteiger partial charge in [0, 0.05) is 0 Å². The number of aliphatic hydroxyl groups excluding tert-OH is 1. The van der Waals surface area contributed by atoms with Crippen molar-refractivity contribution in [2.45, 2.75) is 161 Å². The van der Waals surface area contributed by atoms with E-state index in [2.05, 4.69) is 107 Å². The number of carbonyl (C=O) groups excluding carboxylic acids is 1. The second-order valence-electron chi connectivity index (χ2n) is 16.3. The van der Waals surface area contributed by atoms with Crippen LogP contribution < -0.4 is 5.32 Å². The summed E-state index contributed by atoms with van der Waals surface area (Å²) in [7, 11) is -6.76. The highest BCUT2D eigenvalue weighted by Crippen LogP contribution is 2.42. The van der Waals surface area contributed by atoms with Crippen LogP contribution in [0.15, 0.2) is 0 Å². The summed E-state index contributed by atoms with van der Waals surface area (Å²) in [5.74, 6) is 0. The molecule has 0 heterocycles. The largest absolute Gasteiger partial charge is 0.444 e. The smallest absolute Gasteiger partial charge is 0.408 e. The predicted octanol–water partition coefficient (Wildman–Crippen LogP) is 7.67. The number of hydrogen-bond donors (Lipinski definition) is 2. The second-order valence-corrected chi connectivity index (χ2v) is 30.6. The molecule has 10 heteroatoms. The summed E-state index contributed by atoms with van der Waals surface area (Å²) in [6.45, 7) is 38.5. The minimum Gasteiger partial charge on any atom is -0.444 e. The number of rotatable bonds is 11. The Bertz CT molecular complexity index is 759. The lowest BCUT2D eigenvalue weighted by atomic mass is 10.1. The molecule has 0 bridgehead atoms. The molecule has 7 nitrogen and oxygen atoms in total. The fourth-order valence-corrected chi connectivity index (χ4v) is 6.56. The van der Waals surface area contributed by atoms with Gasteiger partial charge in [-0.25, -0.2) is 4.79 Å². The molecule has 0 unspecified atom stereocenters. The molecule has 38 heavy (non-hydrogen) atoms. The van der Waals surface area contributed by atoms with Gasteiger partial charge in [0.25, 0.3) is 0 Å². The van der Waals surface area contributed by atoms with Gasteiger partial charge >= 0.3 is 6.09 Å². The monoisotopic (exact) mass is 593 g/mol. The highest BCUT2D eigenvalue weighted by molar-refractivity contribution is 6.75. The van der Waals surface area contributed by atoms with Crippen molar-refractivity contribution in [1.29, 1.82) is 0 Å². The van der Waals surface area contributed by atoms with E-state index in [1.165, 1.54) is 0 Å². The number of carbonyl (C=O) groups is 1. The summed E-state index contributed by atoms with van der Waals surface area (Å²) in [6.07, 6.45) is -1.68. The van der Waals surface area contributed by atoms with E-state index in [0.717, 1.165) is 0 Å². The van der Waals surface area contributed by atoms with Gasteiger partial charge in [0.1, 0.15) is 5.60 Å². The fraction of sp³-hybridized carbons (Fsp3) is 0.964. The van der Waals surface area contributed by atoms with E-state index in [0.29, 0.717) is 6.61 Å². The van der Waals surface area contributed by atoms with Gasteiger partial charge in [-0.3, -0.25) is 0 Å². The zero-order valence-electron chi connectivity index (χ0n) is 28.1. The Kier molecular flexibility index (Phi) is 12.7. The van der Waals surface area contributed by atoms with Crippen LogP contribution in [0.1, 0.15) is 83.1 Å². The van der Waals surface area contributed by atoms with Crippen LogP contribution in [0.25, 0.3) is 0 Å². The van der Waals surface area contributed by atoms with E-state index < -0.39 is 54.9 Å². The van der Waals surface area contributed by atoms with Crippen molar-refractivity contribution < 1.29 is 27.9 Å². The lowest BCUT2D eigenvalue weighted by Crippen LogP contribution is -2.61. The summed E-state index contributed by atoms with van der Waals surface area (Å²) in [6, 6.07) is -0.725. The third-order valence-electron chi connectivity index (χ3n) is 8.57. The molecule has 0 aliphatic carbocycles. The molecule has 0 radical (unpaired) electrons. The zero-order chi connectivity index (χ0) is 30.8. The molecule has 0 aromatic carbocycles. The maximum Gasteiger partial charge on any atom is 0.408 e. The third kappa shape index (κ3) is 11.3. The number of hydrogen-bond acceptors (Lipinski definition) is 6. The molecule has 0 saturated heterocycles. The van der Waals surface area contributed by atoms with Gasteiger partial charge in [-0.1, -0.05) is 62.3 Å². The molecule has 0 saturated carbocycles. The van der Waals surface area contributed by atoms with Crippen LogP contribution in [0.3, 0.4) is 0 Å².